The lowest BCUT2D eigenvalue weighted by molar-refractivity contribution is -0.112. The smallest absolute Gasteiger partial charge is 0.266 e. The zero-order valence-corrected chi connectivity index (χ0v) is 13.1. The van der Waals surface area contributed by atoms with Crippen LogP contribution >= 0.6 is 27.5 Å². The van der Waals surface area contributed by atoms with Crippen molar-refractivity contribution in [3.63, 3.8) is 0 Å². The van der Waals surface area contributed by atoms with Crippen LogP contribution in [0, 0.1) is 11.3 Å². The number of anilines is 1. The molecule has 0 unspecified atom stereocenters. The molecule has 0 aliphatic carbocycles. The average Bonchev–Trinajstić information content (AvgIpc) is 2.44. The number of nitrogens with one attached hydrogen (secondary N) is 1. The molecule has 2 aromatic carbocycles. The minimum atomic E-state index is -0.462. The molecule has 0 fully saturated rings. The van der Waals surface area contributed by atoms with Gasteiger partial charge in [-0.05, 0) is 42.0 Å². The van der Waals surface area contributed by atoms with Crippen LogP contribution in [-0.2, 0) is 4.79 Å². The Labute approximate surface area is 136 Å². The fourth-order valence-electron chi connectivity index (χ4n) is 1.68. The number of rotatable bonds is 3. The molecule has 0 aromatic heterocycles. The topological polar surface area (TPSA) is 52.9 Å². The molecule has 0 spiro atoms. The van der Waals surface area contributed by atoms with Crippen LogP contribution in [0.15, 0.2) is 58.6 Å². The van der Waals surface area contributed by atoms with Crippen LogP contribution in [0.5, 0.6) is 0 Å². The second-order valence-electron chi connectivity index (χ2n) is 4.19. The summed E-state index contributed by atoms with van der Waals surface area (Å²) in [5.41, 5.74) is 1.32. The van der Waals surface area contributed by atoms with Gasteiger partial charge in [-0.15, -0.1) is 0 Å². The molecule has 0 saturated carbocycles. The Hall–Kier alpha value is -2.09. The van der Waals surface area contributed by atoms with E-state index < -0.39 is 5.91 Å². The summed E-state index contributed by atoms with van der Waals surface area (Å²) in [6.07, 6.45) is 1.50. The maximum atomic E-state index is 12.1. The quantitative estimate of drug-likeness (QED) is 0.639. The molecule has 2 rings (SSSR count). The SMILES string of the molecule is N#C/C(=C\c1cccc(Cl)c1)C(=O)Nc1cccc(Br)c1. The van der Waals surface area contributed by atoms with Crippen molar-refractivity contribution in [1.29, 1.82) is 5.26 Å². The highest BCUT2D eigenvalue weighted by atomic mass is 79.9. The van der Waals surface area contributed by atoms with E-state index in [2.05, 4.69) is 21.2 Å². The summed E-state index contributed by atoms with van der Waals surface area (Å²) in [4.78, 5) is 12.1. The van der Waals surface area contributed by atoms with E-state index >= 15 is 0 Å². The maximum Gasteiger partial charge on any atom is 0.266 e. The molecule has 0 saturated heterocycles. The van der Waals surface area contributed by atoms with Gasteiger partial charge in [-0.1, -0.05) is 45.7 Å². The van der Waals surface area contributed by atoms with Gasteiger partial charge in [-0.2, -0.15) is 5.26 Å². The Morgan fingerprint density at radius 1 is 1.24 bits per heavy atom. The zero-order chi connectivity index (χ0) is 15.2. The summed E-state index contributed by atoms with van der Waals surface area (Å²) in [5, 5.41) is 12.4. The van der Waals surface area contributed by atoms with Crippen LogP contribution < -0.4 is 5.32 Å². The van der Waals surface area contributed by atoms with Crippen LogP contribution in [0.4, 0.5) is 5.69 Å². The predicted molar refractivity (Wildman–Crippen MR) is 87.8 cm³/mol. The molecule has 1 N–H and O–H groups in total. The second kappa shape index (κ2) is 7.07. The molecular formula is C16H10BrClN2O. The molecule has 0 aliphatic heterocycles. The molecule has 21 heavy (non-hydrogen) atoms. The van der Waals surface area contributed by atoms with Gasteiger partial charge in [0.15, 0.2) is 0 Å². The minimum absolute atomic E-state index is 0.0113. The predicted octanol–water partition coefficient (Wildman–Crippen LogP) is 4.65. The summed E-state index contributed by atoms with van der Waals surface area (Å²) in [6.45, 7) is 0. The van der Waals surface area contributed by atoms with Gasteiger partial charge < -0.3 is 5.32 Å². The monoisotopic (exact) mass is 360 g/mol. The molecular weight excluding hydrogens is 352 g/mol. The van der Waals surface area contributed by atoms with Crippen LogP contribution in [-0.4, -0.2) is 5.91 Å². The van der Waals surface area contributed by atoms with Crippen molar-refractivity contribution in [3.05, 3.63) is 69.2 Å². The fourth-order valence-corrected chi connectivity index (χ4v) is 2.27. The van der Waals surface area contributed by atoms with Crippen LogP contribution in [0.25, 0.3) is 6.08 Å². The standard InChI is InChI=1S/C16H10BrClN2O/c17-13-4-2-6-15(9-13)20-16(21)12(10-19)7-11-3-1-5-14(18)8-11/h1-9H,(H,20,21)/b12-7+. The summed E-state index contributed by atoms with van der Waals surface area (Å²) in [7, 11) is 0. The molecule has 0 heterocycles. The van der Waals surface area contributed by atoms with Gasteiger partial charge in [-0.25, -0.2) is 0 Å². The van der Waals surface area contributed by atoms with E-state index in [0.29, 0.717) is 16.3 Å². The van der Waals surface area contributed by atoms with Crippen molar-refractivity contribution in [2.24, 2.45) is 0 Å². The van der Waals surface area contributed by atoms with Crippen LogP contribution in [0.2, 0.25) is 5.02 Å². The molecule has 1 amide bonds. The van der Waals surface area contributed by atoms with Gasteiger partial charge in [0.25, 0.3) is 5.91 Å². The Kier molecular flexibility index (Phi) is 5.15. The van der Waals surface area contributed by atoms with Gasteiger partial charge in [0.1, 0.15) is 11.6 Å². The van der Waals surface area contributed by atoms with E-state index in [9.17, 15) is 4.79 Å². The number of nitriles is 1. The van der Waals surface area contributed by atoms with Crippen molar-refractivity contribution in [3.8, 4) is 6.07 Å². The number of nitrogens with zero attached hydrogens (tertiary/aromatic N) is 1. The highest BCUT2D eigenvalue weighted by molar-refractivity contribution is 9.10. The van der Waals surface area contributed by atoms with Crippen molar-refractivity contribution in [2.45, 2.75) is 0 Å². The van der Waals surface area contributed by atoms with Gasteiger partial charge in [0.2, 0.25) is 0 Å². The molecule has 0 aliphatic rings. The largest absolute Gasteiger partial charge is 0.321 e. The highest BCUT2D eigenvalue weighted by Crippen LogP contribution is 2.17. The van der Waals surface area contributed by atoms with E-state index in [0.717, 1.165) is 4.47 Å². The summed E-state index contributed by atoms with van der Waals surface area (Å²) in [5.74, 6) is -0.462. The first kappa shape index (κ1) is 15.3. The second-order valence-corrected chi connectivity index (χ2v) is 5.54. The normalized spacial score (nSPS) is 10.8. The molecule has 0 atom stereocenters. The molecule has 5 heteroatoms. The van der Waals surface area contributed by atoms with E-state index in [4.69, 9.17) is 16.9 Å². The molecule has 0 radical (unpaired) electrons. The van der Waals surface area contributed by atoms with Gasteiger partial charge in [-0.3, -0.25) is 4.79 Å². The molecule has 104 valence electrons. The van der Waals surface area contributed by atoms with E-state index in [1.807, 2.05) is 12.1 Å². The lowest BCUT2D eigenvalue weighted by atomic mass is 10.1. The van der Waals surface area contributed by atoms with Crippen LogP contribution in [0.3, 0.4) is 0 Å². The zero-order valence-electron chi connectivity index (χ0n) is 10.8. The first-order valence-corrected chi connectivity index (χ1v) is 7.20. The maximum absolute atomic E-state index is 12.1. The third kappa shape index (κ3) is 4.45. The first-order valence-electron chi connectivity index (χ1n) is 6.03. The lowest BCUT2D eigenvalue weighted by Crippen LogP contribution is -2.13. The van der Waals surface area contributed by atoms with Crippen molar-refractivity contribution in [1.82, 2.24) is 0 Å². The van der Waals surface area contributed by atoms with Gasteiger partial charge >= 0.3 is 0 Å². The average molecular weight is 362 g/mol. The minimum Gasteiger partial charge on any atom is -0.321 e. The van der Waals surface area contributed by atoms with Crippen molar-refractivity contribution >= 4 is 45.2 Å². The number of amides is 1. The van der Waals surface area contributed by atoms with Gasteiger partial charge in [0.05, 0.1) is 0 Å². The Morgan fingerprint density at radius 3 is 2.67 bits per heavy atom. The Morgan fingerprint density at radius 2 is 2.00 bits per heavy atom. The van der Waals surface area contributed by atoms with Crippen molar-refractivity contribution in [2.75, 3.05) is 5.32 Å². The van der Waals surface area contributed by atoms with E-state index in [1.165, 1.54) is 6.08 Å². The number of benzene rings is 2. The van der Waals surface area contributed by atoms with Crippen molar-refractivity contribution < 1.29 is 4.79 Å². The number of halogens is 2. The fraction of sp³-hybridized carbons (Fsp3) is 0. The molecule has 2 aromatic rings. The first-order chi connectivity index (χ1) is 10.1. The Bertz CT molecular complexity index is 750. The molecule has 3 nitrogen and oxygen atoms in total. The Balaban J connectivity index is 2.21. The summed E-state index contributed by atoms with van der Waals surface area (Å²) < 4.78 is 0.845. The number of hydrogen-bond acceptors (Lipinski definition) is 2. The lowest BCUT2D eigenvalue weighted by Gasteiger charge is -2.04. The van der Waals surface area contributed by atoms with Gasteiger partial charge in [0, 0.05) is 15.2 Å². The van der Waals surface area contributed by atoms with Crippen LogP contribution in [0.1, 0.15) is 5.56 Å². The summed E-state index contributed by atoms with van der Waals surface area (Å²) >= 11 is 9.20. The number of carbonyl (C=O) groups excluding carboxylic acids is 1. The molecule has 0 bridgehead atoms. The highest BCUT2D eigenvalue weighted by Gasteiger charge is 2.09. The third-order valence-electron chi connectivity index (χ3n) is 2.61. The van der Waals surface area contributed by atoms with E-state index in [-0.39, 0.29) is 5.57 Å². The number of hydrogen-bond donors (Lipinski definition) is 1. The van der Waals surface area contributed by atoms with E-state index in [1.54, 1.807) is 42.5 Å². The third-order valence-corrected chi connectivity index (χ3v) is 3.34. The number of carbonyl (C=O) groups is 1. The summed E-state index contributed by atoms with van der Waals surface area (Å²) in [6, 6.07) is 16.0.